The van der Waals surface area contributed by atoms with Gasteiger partial charge in [-0.05, 0) is 43.2 Å². The second-order valence-electron chi connectivity index (χ2n) is 4.01. The molecule has 1 saturated carbocycles. The molecule has 0 aromatic carbocycles. The highest BCUT2D eigenvalue weighted by molar-refractivity contribution is 7.99. The van der Waals surface area contributed by atoms with Crippen LogP contribution in [-0.4, -0.2) is 35.8 Å². The first-order valence-electron chi connectivity index (χ1n) is 5.81. The molecule has 0 saturated heterocycles. The van der Waals surface area contributed by atoms with E-state index in [0.29, 0.717) is 5.92 Å². The first-order chi connectivity index (χ1) is 6.84. The number of hydrogen-bond acceptors (Lipinski definition) is 3. The summed E-state index contributed by atoms with van der Waals surface area (Å²) in [5.74, 6) is 3.01. The normalized spacial score (nSPS) is 27.0. The Morgan fingerprint density at radius 2 is 2.29 bits per heavy atom. The molecular weight excluding hydrogens is 194 g/mol. The van der Waals surface area contributed by atoms with Gasteiger partial charge in [-0.15, -0.1) is 0 Å². The number of hydrogen-bond donors (Lipinski definition) is 2. The molecule has 0 bridgehead atoms. The molecular formula is C11H23NOS. The van der Waals surface area contributed by atoms with E-state index in [-0.39, 0.29) is 6.10 Å². The maximum atomic E-state index is 9.59. The first-order valence-corrected chi connectivity index (χ1v) is 6.96. The van der Waals surface area contributed by atoms with Gasteiger partial charge >= 0.3 is 0 Å². The topological polar surface area (TPSA) is 32.3 Å². The molecule has 0 amide bonds. The van der Waals surface area contributed by atoms with Crippen molar-refractivity contribution >= 4 is 11.8 Å². The summed E-state index contributed by atoms with van der Waals surface area (Å²) in [6.45, 7) is 4.32. The zero-order valence-corrected chi connectivity index (χ0v) is 9.98. The van der Waals surface area contributed by atoms with E-state index in [1.54, 1.807) is 0 Å². The van der Waals surface area contributed by atoms with Crippen LogP contribution in [-0.2, 0) is 0 Å². The van der Waals surface area contributed by atoms with Gasteiger partial charge in [0.1, 0.15) is 0 Å². The minimum absolute atomic E-state index is 0.0347. The molecule has 1 rings (SSSR count). The molecule has 2 atom stereocenters. The van der Waals surface area contributed by atoms with E-state index in [2.05, 4.69) is 12.2 Å². The fraction of sp³-hybridized carbons (Fsp3) is 1.00. The van der Waals surface area contributed by atoms with E-state index in [4.69, 9.17) is 0 Å². The summed E-state index contributed by atoms with van der Waals surface area (Å²) in [4.78, 5) is 0. The van der Waals surface area contributed by atoms with Crippen molar-refractivity contribution in [1.82, 2.24) is 5.32 Å². The predicted molar refractivity (Wildman–Crippen MR) is 63.8 cm³/mol. The highest BCUT2D eigenvalue weighted by atomic mass is 32.2. The minimum atomic E-state index is -0.0347. The molecule has 0 aliphatic heterocycles. The Morgan fingerprint density at radius 3 is 2.93 bits per heavy atom. The van der Waals surface area contributed by atoms with Crippen molar-refractivity contribution in [2.24, 2.45) is 5.92 Å². The van der Waals surface area contributed by atoms with Crippen LogP contribution < -0.4 is 5.32 Å². The highest BCUT2D eigenvalue weighted by Gasteiger charge is 2.24. The summed E-state index contributed by atoms with van der Waals surface area (Å²) >= 11 is 2.00. The highest BCUT2D eigenvalue weighted by Crippen LogP contribution is 2.24. The lowest BCUT2D eigenvalue weighted by Gasteiger charge is -2.14. The van der Waals surface area contributed by atoms with Crippen molar-refractivity contribution < 1.29 is 5.11 Å². The first kappa shape index (κ1) is 12.3. The van der Waals surface area contributed by atoms with Crippen molar-refractivity contribution in [1.29, 1.82) is 0 Å². The lowest BCUT2D eigenvalue weighted by Crippen LogP contribution is -2.28. The van der Waals surface area contributed by atoms with Crippen LogP contribution in [0.15, 0.2) is 0 Å². The van der Waals surface area contributed by atoms with Gasteiger partial charge in [-0.3, -0.25) is 0 Å². The monoisotopic (exact) mass is 217 g/mol. The lowest BCUT2D eigenvalue weighted by atomic mass is 10.1. The molecule has 0 heterocycles. The molecule has 2 unspecified atom stereocenters. The quantitative estimate of drug-likeness (QED) is 0.639. The van der Waals surface area contributed by atoms with E-state index in [1.807, 2.05) is 11.8 Å². The zero-order valence-electron chi connectivity index (χ0n) is 9.17. The summed E-state index contributed by atoms with van der Waals surface area (Å²) in [5, 5.41) is 13.0. The number of rotatable bonds is 7. The number of nitrogens with one attached hydrogen (secondary N) is 1. The van der Waals surface area contributed by atoms with Gasteiger partial charge in [0, 0.05) is 6.54 Å². The molecule has 2 N–H and O–H groups in total. The van der Waals surface area contributed by atoms with Crippen molar-refractivity contribution in [3.63, 3.8) is 0 Å². The van der Waals surface area contributed by atoms with Gasteiger partial charge in [-0.25, -0.2) is 0 Å². The van der Waals surface area contributed by atoms with E-state index in [0.717, 1.165) is 19.5 Å². The summed E-state index contributed by atoms with van der Waals surface area (Å²) in [7, 11) is 0. The Balaban J connectivity index is 1.88. The molecule has 1 aliphatic rings. The Labute approximate surface area is 91.9 Å². The standard InChI is InChI=1S/C11H23NOS/c1-2-14-8-4-7-12-9-10-5-3-6-11(10)13/h10-13H,2-9H2,1H3. The van der Waals surface area contributed by atoms with Crippen LogP contribution in [0.2, 0.25) is 0 Å². The summed E-state index contributed by atoms with van der Waals surface area (Å²) in [6.07, 6.45) is 4.64. The van der Waals surface area contributed by atoms with Gasteiger partial charge < -0.3 is 10.4 Å². The van der Waals surface area contributed by atoms with Crippen LogP contribution in [0.1, 0.15) is 32.6 Å². The molecule has 0 radical (unpaired) electrons. The predicted octanol–water partition coefficient (Wildman–Crippen LogP) is 1.88. The zero-order chi connectivity index (χ0) is 10.2. The maximum Gasteiger partial charge on any atom is 0.0580 e. The maximum absolute atomic E-state index is 9.59. The average molecular weight is 217 g/mol. The van der Waals surface area contributed by atoms with Gasteiger partial charge in [0.05, 0.1) is 6.10 Å². The average Bonchev–Trinajstić information content (AvgIpc) is 2.58. The summed E-state index contributed by atoms with van der Waals surface area (Å²) < 4.78 is 0. The van der Waals surface area contributed by atoms with Crippen molar-refractivity contribution in [3.05, 3.63) is 0 Å². The van der Waals surface area contributed by atoms with Crippen LogP contribution in [0, 0.1) is 5.92 Å². The molecule has 14 heavy (non-hydrogen) atoms. The largest absolute Gasteiger partial charge is 0.393 e. The molecule has 1 fully saturated rings. The Hall–Kier alpha value is 0.270. The third kappa shape index (κ3) is 4.67. The van der Waals surface area contributed by atoms with Gasteiger partial charge in [-0.1, -0.05) is 13.3 Å². The Morgan fingerprint density at radius 1 is 1.43 bits per heavy atom. The fourth-order valence-electron chi connectivity index (χ4n) is 1.99. The van der Waals surface area contributed by atoms with Crippen molar-refractivity contribution in [2.45, 2.75) is 38.7 Å². The minimum Gasteiger partial charge on any atom is -0.393 e. The Kier molecular flexibility index (Phi) is 6.65. The fourth-order valence-corrected chi connectivity index (χ4v) is 2.62. The third-order valence-electron chi connectivity index (χ3n) is 2.87. The van der Waals surface area contributed by atoms with E-state index >= 15 is 0 Å². The number of aliphatic hydroxyl groups is 1. The lowest BCUT2D eigenvalue weighted by molar-refractivity contribution is 0.132. The van der Waals surface area contributed by atoms with Gasteiger partial charge in [0.2, 0.25) is 0 Å². The molecule has 3 heteroatoms. The molecule has 2 nitrogen and oxygen atoms in total. The number of aliphatic hydroxyl groups excluding tert-OH is 1. The van der Waals surface area contributed by atoms with Gasteiger partial charge in [-0.2, -0.15) is 11.8 Å². The summed E-state index contributed by atoms with van der Waals surface area (Å²) in [6, 6.07) is 0. The molecule has 0 spiro atoms. The van der Waals surface area contributed by atoms with E-state index in [9.17, 15) is 5.11 Å². The summed E-state index contributed by atoms with van der Waals surface area (Å²) in [5.41, 5.74) is 0. The van der Waals surface area contributed by atoms with Crippen LogP contribution >= 0.6 is 11.8 Å². The van der Waals surface area contributed by atoms with E-state index in [1.165, 1.54) is 30.8 Å². The Bertz CT molecular complexity index is 143. The number of thioether (sulfide) groups is 1. The van der Waals surface area contributed by atoms with Crippen LogP contribution in [0.5, 0.6) is 0 Å². The molecule has 84 valence electrons. The SMILES string of the molecule is CCSCCCNCC1CCCC1O. The second-order valence-corrected chi connectivity index (χ2v) is 5.41. The third-order valence-corrected chi connectivity index (χ3v) is 3.86. The molecule has 0 aromatic heterocycles. The van der Waals surface area contributed by atoms with Crippen LogP contribution in [0.3, 0.4) is 0 Å². The van der Waals surface area contributed by atoms with Gasteiger partial charge in [0.15, 0.2) is 0 Å². The van der Waals surface area contributed by atoms with Crippen LogP contribution in [0.4, 0.5) is 0 Å². The smallest absolute Gasteiger partial charge is 0.0580 e. The van der Waals surface area contributed by atoms with Crippen LogP contribution in [0.25, 0.3) is 0 Å². The van der Waals surface area contributed by atoms with E-state index < -0.39 is 0 Å². The van der Waals surface area contributed by atoms with Gasteiger partial charge in [0.25, 0.3) is 0 Å². The molecule has 0 aromatic rings. The van der Waals surface area contributed by atoms with Crippen molar-refractivity contribution in [2.75, 3.05) is 24.6 Å². The molecule has 1 aliphatic carbocycles. The second kappa shape index (κ2) is 7.55. The van der Waals surface area contributed by atoms with Crippen molar-refractivity contribution in [3.8, 4) is 0 Å².